The van der Waals surface area contributed by atoms with Crippen molar-refractivity contribution in [2.24, 2.45) is 5.92 Å². The van der Waals surface area contributed by atoms with Gasteiger partial charge in [-0.2, -0.15) is 0 Å². The molecule has 0 spiro atoms. The zero-order valence-corrected chi connectivity index (χ0v) is 17.7. The lowest BCUT2D eigenvalue weighted by atomic mass is 9.75. The van der Waals surface area contributed by atoms with Crippen molar-refractivity contribution in [1.29, 1.82) is 0 Å². The van der Waals surface area contributed by atoms with E-state index in [0.717, 1.165) is 24.8 Å². The third kappa shape index (κ3) is 3.13. The van der Waals surface area contributed by atoms with Crippen LogP contribution in [-0.2, 0) is 11.2 Å². The van der Waals surface area contributed by atoms with Gasteiger partial charge in [-0.1, -0.05) is 30.7 Å². The van der Waals surface area contributed by atoms with Gasteiger partial charge < -0.3 is 9.51 Å². The van der Waals surface area contributed by atoms with E-state index in [4.69, 9.17) is 11.6 Å². The SMILES string of the molecule is CCC(C(=O)O)C1CCCc2c1c(-c1ccc(Cl)cc1)c1c(SC)cccn21. The van der Waals surface area contributed by atoms with Gasteiger partial charge in [-0.05, 0) is 73.2 Å². The predicted octanol–water partition coefficient (Wildman–Crippen LogP) is 6.51. The summed E-state index contributed by atoms with van der Waals surface area (Å²) in [7, 11) is 0. The van der Waals surface area contributed by atoms with Crippen LogP contribution in [0.1, 0.15) is 43.4 Å². The summed E-state index contributed by atoms with van der Waals surface area (Å²) in [5.74, 6) is -1.02. The lowest BCUT2D eigenvalue weighted by molar-refractivity contribution is -0.142. The summed E-state index contributed by atoms with van der Waals surface area (Å²) in [5.41, 5.74) is 5.98. The number of fused-ring (bicyclic) bond motifs is 3. The maximum absolute atomic E-state index is 12.0. The van der Waals surface area contributed by atoms with Gasteiger partial charge in [0.1, 0.15) is 0 Å². The predicted molar refractivity (Wildman–Crippen MR) is 117 cm³/mol. The number of carboxylic acid groups (broad SMARTS) is 1. The highest BCUT2D eigenvalue weighted by molar-refractivity contribution is 7.98. The third-order valence-electron chi connectivity index (χ3n) is 5.96. The monoisotopic (exact) mass is 413 g/mol. The van der Waals surface area contributed by atoms with Gasteiger partial charge in [-0.25, -0.2) is 0 Å². The first-order valence-electron chi connectivity index (χ1n) is 9.75. The summed E-state index contributed by atoms with van der Waals surface area (Å²) in [4.78, 5) is 13.3. The Morgan fingerprint density at radius 1 is 1.32 bits per heavy atom. The van der Waals surface area contributed by atoms with E-state index in [0.29, 0.717) is 11.4 Å². The molecule has 3 aromatic rings. The van der Waals surface area contributed by atoms with Gasteiger partial charge in [0, 0.05) is 27.4 Å². The molecule has 0 amide bonds. The molecule has 2 heterocycles. The molecular weight excluding hydrogens is 390 g/mol. The second kappa shape index (κ2) is 7.84. The van der Waals surface area contributed by atoms with Gasteiger partial charge in [-0.3, -0.25) is 4.79 Å². The van der Waals surface area contributed by atoms with E-state index >= 15 is 0 Å². The number of thioether (sulfide) groups is 1. The van der Waals surface area contributed by atoms with Crippen LogP contribution in [0.2, 0.25) is 5.02 Å². The quantitative estimate of drug-likeness (QED) is 0.484. The van der Waals surface area contributed by atoms with Crippen LogP contribution >= 0.6 is 23.4 Å². The van der Waals surface area contributed by atoms with Crippen LogP contribution in [0.3, 0.4) is 0 Å². The highest BCUT2D eigenvalue weighted by Gasteiger charge is 2.36. The summed E-state index contributed by atoms with van der Waals surface area (Å²) < 4.78 is 2.30. The molecular formula is C23H24ClNO2S. The molecule has 3 nitrogen and oxygen atoms in total. The third-order valence-corrected chi connectivity index (χ3v) is 6.98. The van der Waals surface area contributed by atoms with Crippen molar-refractivity contribution in [3.8, 4) is 11.1 Å². The largest absolute Gasteiger partial charge is 0.481 e. The topological polar surface area (TPSA) is 41.7 Å². The Morgan fingerprint density at radius 3 is 2.71 bits per heavy atom. The standard InChI is InChI=1S/C23H24ClNO2S/c1-3-16(23(26)27)17-6-4-7-18-21(17)20(14-9-11-15(24)12-10-14)22-19(28-2)8-5-13-25(18)22/h5,8-13,16-17H,3-4,6-7H2,1-2H3,(H,26,27). The molecule has 0 bridgehead atoms. The Kier molecular flexibility index (Phi) is 5.44. The number of aliphatic carboxylic acids is 1. The number of benzene rings is 1. The van der Waals surface area contributed by atoms with Crippen molar-refractivity contribution in [3.63, 3.8) is 0 Å². The van der Waals surface area contributed by atoms with Crippen LogP contribution in [-0.4, -0.2) is 21.7 Å². The first-order valence-corrected chi connectivity index (χ1v) is 11.4. The molecule has 0 radical (unpaired) electrons. The number of aryl methyl sites for hydroxylation is 1. The molecule has 2 aromatic heterocycles. The average Bonchev–Trinajstić information content (AvgIpc) is 3.04. The Balaban J connectivity index is 2.07. The van der Waals surface area contributed by atoms with Crippen molar-refractivity contribution < 1.29 is 9.90 Å². The molecule has 1 N–H and O–H groups in total. The molecule has 146 valence electrons. The number of hydrogen-bond acceptors (Lipinski definition) is 2. The van der Waals surface area contributed by atoms with E-state index in [2.05, 4.69) is 41.1 Å². The van der Waals surface area contributed by atoms with Crippen LogP contribution < -0.4 is 0 Å². The van der Waals surface area contributed by atoms with E-state index in [1.807, 2.05) is 19.1 Å². The van der Waals surface area contributed by atoms with Crippen molar-refractivity contribution in [1.82, 2.24) is 4.40 Å². The van der Waals surface area contributed by atoms with Gasteiger partial charge in [-0.15, -0.1) is 11.8 Å². The minimum absolute atomic E-state index is 0.0338. The van der Waals surface area contributed by atoms with Gasteiger partial charge >= 0.3 is 5.97 Å². The van der Waals surface area contributed by atoms with Crippen LogP contribution in [0.25, 0.3) is 16.6 Å². The molecule has 4 rings (SSSR count). The number of carboxylic acids is 1. The molecule has 0 fully saturated rings. The van der Waals surface area contributed by atoms with Crippen molar-refractivity contribution in [2.75, 3.05) is 6.26 Å². The molecule has 2 unspecified atom stereocenters. The molecule has 5 heteroatoms. The average molecular weight is 414 g/mol. The molecule has 28 heavy (non-hydrogen) atoms. The van der Waals surface area contributed by atoms with Crippen LogP contribution in [0.4, 0.5) is 0 Å². The second-order valence-electron chi connectivity index (χ2n) is 7.39. The number of aromatic nitrogens is 1. The second-order valence-corrected chi connectivity index (χ2v) is 8.67. The summed E-state index contributed by atoms with van der Waals surface area (Å²) in [6, 6.07) is 12.2. The Hall–Kier alpha value is -1.91. The van der Waals surface area contributed by atoms with Crippen LogP contribution in [0.15, 0.2) is 47.5 Å². The lowest BCUT2D eigenvalue weighted by Crippen LogP contribution is -2.25. The smallest absolute Gasteiger partial charge is 0.307 e. The summed E-state index contributed by atoms with van der Waals surface area (Å²) in [6.45, 7) is 1.98. The number of hydrogen-bond donors (Lipinski definition) is 1. The number of rotatable bonds is 5. The van der Waals surface area contributed by atoms with Gasteiger partial charge in [0.15, 0.2) is 0 Å². The first-order chi connectivity index (χ1) is 13.6. The number of pyridine rings is 1. The Labute approximate surface area is 174 Å². The maximum Gasteiger partial charge on any atom is 0.307 e. The molecule has 0 aliphatic heterocycles. The molecule has 2 atom stereocenters. The van der Waals surface area contributed by atoms with Gasteiger partial charge in [0.2, 0.25) is 0 Å². The van der Waals surface area contributed by atoms with Crippen molar-refractivity contribution in [3.05, 3.63) is 58.9 Å². The first kappa shape index (κ1) is 19.4. The zero-order valence-electron chi connectivity index (χ0n) is 16.1. The van der Waals surface area contributed by atoms with E-state index < -0.39 is 5.97 Å². The summed E-state index contributed by atoms with van der Waals surface area (Å²) in [5, 5.41) is 10.6. The molecule has 1 aliphatic carbocycles. The molecule has 0 saturated heterocycles. The van der Waals surface area contributed by atoms with E-state index in [9.17, 15) is 9.90 Å². The Bertz CT molecular complexity index is 1030. The van der Waals surface area contributed by atoms with E-state index in [1.54, 1.807) is 11.8 Å². The molecule has 1 aliphatic rings. The van der Waals surface area contributed by atoms with Crippen LogP contribution in [0.5, 0.6) is 0 Å². The normalized spacial score (nSPS) is 17.5. The van der Waals surface area contributed by atoms with Crippen LogP contribution in [0, 0.1) is 5.92 Å². The number of carbonyl (C=O) groups is 1. The fraction of sp³-hybridized carbons (Fsp3) is 0.348. The molecule has 1 aromatic carbocycles. The fourth-order valence-corrected chi connectivity index (χ4v) is 5.49. The highest BCUT2D eigenvalue weighted by Crippen LogP contribution is 2.48. The van der Waals surface area contributed by atoms with Crippen molar-refractivity contribution >= 4 is 34.8 Å². The minimum Gasteiger partial charge on any atom is -0.481 e. The van der Waals surface area contributed by atoms with Crippen molar-refractivity contribution in [2.45, 2.75) is 43.4 Å². The lowest BCUT2D eigenvalue weighted by Gasteiger charge is -2.29. The summed E-state index contributed by atoms with van der Waals surface area (Å²) in [6.07, 6.45) is 7.78. The highest BCUT2D eigenvalue weighted by atomic mass is 35.5. The maximum atomic E-state index is 12.0. The Morgan fingerprint density at radius 2 is 2.07 bits per heavy atom. The number of nitrogens with zero attached hydrogens (tertiary/aromatic N) is 1. The minimum atomic E-state index is -0.692. The van der Waals surface area contributed by atoms with Gasteiger partial charge in [0.05, 0.1) is 11.4 Å². The fourth-order valence-electron chi connectivity index (χ4n) is 4.75. The molecule has 0 saturated carbocycles. The summed E-state index contributed by atoms with van der Waals surface area (Å²) >= 11 is 7.88. The van der Waals surface area contributed by atoms with E-state index in [-0.39, 0.29) is 11.8 Å². The van der Waals surface area contributed by atoms with E-state index in [1.165, 1.54) is 27.2 Å². The number of halogens is 1. The van der Waals surface area contributed by atoms with Gasteiger partial charge in [0.25, 0.3) is 0 Å². The zero-order chi connectivity index (χ0) is 19.8.